The van der Waals surface area contributed by atoms with Gasteiger partial charge in [-0.05, 0) is 0 Å². The van der Waals surface area contributed by atoms with E-state index in [9.17, 15) is 4.79 Å². The minimum atomic E-state index is -0.829. The van der Waals surface area contributed by atoms with Gasteiger partial charge in [-0.25, -0.2) is 0 Å². The maximum atomic E-state index is 9.32. The summed E-state index contributed by atoms with van der Waals surface area (Å²) in [6.07, 6.45) is 0. The molecule has 0 spiro atoms. The smallest absolute Gasteiger partial charge is 0 e. The Morgan fingerprint density at radius 3 is 2.17 bits per heavy atom. The van der Waals surface area contributed by atoms with Crippen molar-refractivity contribution in [3.8, 4) is 0 Å². The zero-order valence-corrected chi connectivity index (χ0v) is 5.00. The Morgan fingerprint density at radius 2 is 2.17 bits per heavy atom. The van der Waals surface area contributed by atoms with Crippen LogP contribution in [-0.4, -0.2) is 11.1 Å². The second kappa shape index (κ2) is 5.50. The van der Waals surface area contributed by atoms with Crippen molar-refractivity contribution in [3.05, 3.63) is 0 Å². The monoisotopic (exact) mass is 174 g/mol. The molecule has 0 saturated carbocycles. The molecule has 0 aromatic heterocycles. The first-order valence-electron chi connectivity index (χ1n) is 1.05. The van der Waals surface area contributed by atoms with Crippen molar-refractivity contribution in [2.24, 2.45) is 0 Å². The summed E-state index contributed by atoms with van der Waals surface area (Å²) in [4.78, 5) is 9.32. The minimum absolute atomic E-state index is 0. The summed E-state index contributed by atoms with van der Waals surface area (Å²) >= 11 is 2.71. The third-order valence-corrected chi connectivity index (χ3v) is 0.471. The van der Waals surface area contributed by atoms with Crippen LogP contribution >= 0.6 is 0 Å². The molecule has 0 amide bonds. The number of hydrogen-bond acceptors (Lipinski definition) is 1. The summed E-state index contributed by atoms with van der Waals surface area (Å²) in [5, 5.41) is 7.71. The summed E-state index contributed by atoms with van der Waals surface area (Å²) in [6, 6.07) is 0. The van der Waals surface area contributed by atoms with Gasteiger partial charge in [-0.3, -0.25) is 0 Å². The number of hydrogen-bond donors (Lipinski definition) is 1. The van der Waals surface area contributed by atoms with Crippen molar-refractivity contribution in [1.82, 2.24) is 0 Å². The van der Waals surface area contributed by atoms with E-state index in [0.29, 0.717) is 0 Å². The molecule has 0 aliphatic heterocycles. The van der Waals surface area contributed by atoms with E-state index in [1.807, 2.05) is 0 Å². The van der Waals surface area contributed by atoms with E-state index in [-0.39, 0.29) is 23.5 Å². The Morgan fingerprint density at radius 1 is 2.00 bits per heavy atom. The van der Waals surface area contributed by atoms with Crippen LogP contribution in [0.15, 0.2) is 0 Å². The first kappa shape index (κ1) is 9.71. The fourth-order valence-electron chi connectivity index (χ4n) is 0. The standard InChI is InChI=1S/C2H3O2.Co.Mn/c1-2(3)4;;/h1H2,(H,3,4);;/p+1. The molecule has 0 bridgehead atoms. The molecule has 0 aromatic carbocycles. The largest absolute Gasteiger partial charge is 1.00 e. The average Bonchev–Trinajstić information content (AvgIpc) is 1.38. The van der Waals surface area contributed by atoms with E-state index in [2.05, 4.69) is 16.0 Å². The van der Waals surface area contributed by atoms with E-state index < -0.39 is 5.97 Å². The molecule has 0 aromatic rings. The fraction of sp³-hybridized carbons (Fsp3) is 0.500. The fourth-order valence-corrected chi connectivity index (χ4v) is 0. The van der Waals surface area contributed by atoms with Crippen molar-refractivity contribution >= 4 is 5.97 Å². The molecular weight excluding hydrogens is 170 g/mol. The minimum Gasteiger partial charge on any atom is 0 e. The van der Waals surface area contributed by atoms with Crippen LogP contribution in [0.3, 0.4) is 0 Å². The molecule has 0 rings (SSSR count). The second-order valence-electron chi connectivity index (χ2n) is 0.527. The number of carboxylic acids is 1. The van der Waals surface area contributed by atoms with Gasteiger partial charge >= 0.3 is 38.6 Å². The molecule has 0 heterocycles. The molecule has 1 radical (unpaired) electrons. The number of rotatable bonds is 1. The third-order valence-electron chi connectivity index (χ3n) is 0.114. The Labute approximate surface area is 55.8 Å². The molecule has 4 heteroatoms. The van der Waals surface area contributed by atoms with Crippen LogP contribution in [0.1, 0.15) is 1.43 Å². The molecule has 1 N–H and O–H groups in total. The van der Waals surface area contributed by atoms with E-state index in [1.54, 1.807) is 0 Å². The number of carboxylic acid groups (broad SMARTS) is 1. The van der Waals surface area contributed by atoms with Gasteiger partial charge in [0.15, 0.2) is 0 Å². The maximum Gasteiger partial charge on any atom is 1.00 e. The summed E-state index contributed by atoms with van der Waals surface area (Å²) in [5.41, 5.74) is 0. The molecule has 0 aliphatic rings. The van der Waals surface area contributed by atoms with E-state index >= 15 is 0 Å². The van der Waals surface area contributed by atoms with E-state index in [1.165, 1.54) is 0 Å². The number of carbonyl (C=O) groups is 1. The average molecular weight is 174 g/mol. The summed E-state index contributed by atoms with van der Waals surface area (Å²) in [7, 11) is 0. The normalized spacial score (nSPS) is 6.17. The third kappa shape index (κ3) is 8.82. The van der Waals surface area contributed by atoms with Gasteiger partial charge in [0.2, 0.25) is 0 Å². The molecule has 0 aliphatic carbocycles. The molecular formula is C2H4CoMnO2+. The topological polar surface area (TPSA) is 37.3 Å². The molecule has 6 heavy (non-hydrogen) atoms. The van der Waals surface area contributed by atoms with Gasteiger partial charge in [0.1, 0.15) is 0 Å². The molecule has 0 fully saturated rings. The summed E-state index contributed by atoms with van der Waals surface area (Å²) in [6.45, 7) is 0. The van der Waals surface area contributed by atoms with E-state index in [0.717, 1.165) is 0 Å². The van der Waals surface area contributed by atoms with Crippen molar-refractivity contribution in [2.45, 2.75) is 5.32 Å². The predicted octanol–water partition coefficient (Wildman–Crippen LogP) is 0.146. The zero-order valence-electron chi connectivity index (χ0n) is 3.77. The molecule has 39 valence electrons. The van der Waals surface area contributed by atoms with Crippen molar-refractivity contribution in [2.75, 3.05) is 0 Å². The first-order valence-corrected chi connectivity index (χ1v) is 1.88. The van der Waals surface area contributed by atoms with Crippen LogP contribution < -0.4 is 0 Å². The summed E-state index contributed by atoms with van der Waals surface area (Å²) in [5.74, 6) is -0.829. The Bertz CT molecular complexity index is 51.0. The van der Waals surface area contributed by atoms with Crippen LogP contribution in [0.5, 0.6) is 0 Å². The van der Waals surface area contributed by atoms with Gasteiger partial charge in [-0.2, -0.15) is 0 Å². The van der Waals surface area contributed by atoms with E-state index in [4.69, 9.17) is 5.11 Å². The van der Waals surface area contributed by atoms with Crippen LogP contribution in [0.25, 0.3) is 0 Å². The van der Waals surface area contributed by atoms with Crippen molar-refractivity contribution in [3.63, 3.8) is 0 Å². The van der Waals surface area contributed by atoms with Gasteiger partial charge in [0.05, 0.1) is 0 Å². The Hall–Kier alpha value is 0.496. The molecule has 0 unspecified atom stereocenters. The van der Waals surface area contributed by atoms with Gasteiger partial charge in [-0.15, -0.1) is 0 Å². The second-order valence-corrected chi connectivity index (χ2v) is 0.945. The summed E-state index contributed by atoms with van der Waals surface area (Å²) < 4.78 is 0. The van der Waals surface area contributed by atoms with Gasteiger partial charge in [0, 0.05) is 16.8 Å². The van der Waals surface area contributed by atoms with Crippen LogP contribution in [0.4, 0.5) is 0 Å². The maximum absolute atomic E-state index is 9.32. The zero-order chi connectivity index (χ0) is 4.28. The molecule has 0 atom stereocenters. The first-order chi connectivity index (χ1) is 2.27. The quantitative estimate of drug-likeness (QED) is 0.574. The van der Waals surface area contributed by atoms with Gasteiger partial charge < -0.3 is 0 Å². The number of aliphatic carboxylic acids is 1. The van der Waals surface area contributed by atoms with Crippen LogP contribution in [0.2, 0.25) is 5.32 Å². The van der Waals surface area contributed by atoms with Crippen molar-refractivity contribution in [1.29, 1.82) is 0 Å². The Balaban J connectivity index is -0.0000000800. The molecule has 0 saturated heterocycles. The molecule has 2 nitrogen and oxygen atoms in total. The van der Waals surface area contributed by atoms with Gasteiger partial charge in [-0.1, -0.05) is 0 Å². The Kier molecular flexibility index (Phi) is 8.89. The van der Waals surface area contributed by atoms with Crippen LogP contribution in [0, 0.1) is 0 Å². The van der Waals surface area contributed by atoms with Gasteiger partial charge in [0.25, 0.3) is 0 Å². The van der Waals surface area contributed by atoms with Crippen LogP contribution in [-0.2, 0) is 37.6 Å². The van der Waals surface area contributed by atoms with Crippen molar-refractivity contribution < 1.29 is 44.1 Å². The predicted molar refractivity (Wildman–Crippen MR) is 13.6 cm³/mol. The SMILES string of the molecule is O=C(O)[CH2][Mn].[Co].[H+].